The monoisotopic (exact) mass is 387 g/mol. The fourth-order valence-electron chi connectivity index (χ4n) is 1.53. The maximum absolute atomic E-state index is 10.7. The van der Waals surface area contributed by atoms with Crippen molar-refractivity contribution in [2.24, 2.45) is 5.41 Å². The molecule has 0 aliphatic carbocycles. The van der Waals surface area contributed by atoms with E-state index in [-0.39, 0.29) is 5.41 Å². The Balaban J connectivity index is 2.60. The van der Waals surface area contributed by atoms with Crippen LogP contribution in [0.15, 0.2) is 21.1 Å². The molecule has 0 bridgehead atoms. The highest BCUT2D eigenvalue weighted by Crippen LogP contribution is 2.34. The zero-order valence-electron chi connectivity index (χ0n) is 10.9. The zero-order valence-corrected chi connectivity index (χ0v) is 14.0. The number of nitriles is 1. The molecule has 0 saturated heterocycles. The van der Waals surface area contributed by atoms with Gasteiger partial charge in [-0.3, -0.25) is 4.79 Å². The average molecular weight is 389 g/mol. The van der Waals surface area contributed by atoms with Crippen molar-refractivity contribution >= 4 is 38.1 Å². The Morgan fingerprint density at radius 3 is 2.42 bits per heavy atom. The minimum absolute atomic E-state index is 0.320. The van der Waals surface area contributed by atoms with E-state index in [1.165, 1.54) is 0 Å². The molecule has 0 amide bonds. The van der Waals surface area contributed by atoms with Gasteiger partial charge in [-0.1, -0.05) is 0 Å². The van der Waals surface area contributed by atoms with Crippen molar-refractivity contribution in [3.05, 3.63) is 26.6 Å². The van der Waals surface area contributed by atoms with Crippen LogP contribution < -0.4 is 4.74 Å². The van der Waals surface area contributed by atoms with Crippen LogP contribution in [0.25, 0.3) is 0 Å². The molecule has 0 aliphatic heterocycles. The first-order valence-electron chi connectivity index (χ1n) is 5.88. The summed E-state index contributed by atoms with van der Waals surface area (Å²) in [5.41, 5.74) is 0.260. The van der Waals surface area contributed by atoms with Gasteiger partial charge in [-0.05, 0) is 70.7 Å². The second-order valence-electron chi connectivity index (χ2n) is 4.88. The van der Waals surface area contributed by atoms with E-state index in [0.29, 0.717) is 17.9 Å². The number of halogens is 2. The highest BCUT2D eigenvalue weighted by atomic mass is 79.9. The van der Waals surface area contributed by atoms with Crippen molar-refractivity contribution in [3.8, 4) is 11.8 Å². The molecule has 102 valence electrons. The molecule has 0 radical (unpaired) electrons. The third-order valence-electron chi connectivity index (χ3n) is 2.65. The summed E-state index contributed by atoms with van der Waals surface area (Å²) in [7, 11) is 0. The molecular formula is C14H15Br2NO2. The van der Waals surface area contributed by atoms with E-state index in [1.807, 2.05) is 13.8 Å². The number of rotatable bonds is 6. The van der Waals surface area contributed by atoms with Crippen LogP contribution >= 0.6 is 31.9 Å². The molecular weight excluding hydrogens is 374 g/mol. The van der Waals surface area contributed by atoms with Crippen molar-refractivity contribution < 1.29 is 9.53 Å². The van der Waals surface area contributed by atoms with E-state index in [2.05, 4.69) is 37.9 Å². The third-order valence-corrected chi connectivity index (χ3v) is 3.83. The first-order valence-corrected chi connectivity index (χ1v) is 7.46. The Labute approximate surface area is 130 Å². The fourth-order valence-corrected chi connectivity index (χ4v) is 2.98. The standard InChI is InChI=1S/C14H15Br2NO2/c1-14(2,9-17)4-3-5-19-13-11(15)6-10(8-18)7-12(13)16/h6-8H,3-5H2,1-2H3. The number of carbonyl (C=O) groups is 1. The summed E-state index contributed by atoms with van der Waals surface area (Å²) < 4.78 is 7.17. The van der Waals surface area contributed by atoms with E-state index < -0.39 is 0 Å². The normalized spacial score (nSPS) is 10.9. The molecule has 0 atom stereocenters. The quantitative estimate of drug-likeness (QED) is 0.522. The van der Waals surface area contributed by atoms with Gasteiger partial charge < -0.3 is 4.74 Å². The molecule has 3 nitrogen and oxygen atoms in total. The number of aldehydes is 1. The van der Waals surface area contributed by atoms with Crippen LogP contribution in [0.5, 0.6) is 5.75 Å². The lowest BCUT2D eigenvalue weighted by Gasteiger charge is -2.15. The van der Waals surface area contributed by atoms with Gasteiger partial charge in [0.15, 0.2) is 0 Å². The number of carbonyl (C=O) groups excluding carboxylic acids is 1. The molecule has 0 heterocycles. The number of ether oxygens (including phenoxy) is 1. The van der Waals surface area contributed by atoms with Crippen LogP contribution in [0, 0.1) is 16.7 Å². The maximum atomic E-state index is 10.7. The van der Waals surface area contributed by atoms with Gasteiger partial charge in [-0.25, -0.2) is 0 Å². The summed E-state index contributed by atoms with van der Waals surface area (Å²) in [5, 5.41) is 8.92. The molecule has 0 aromatic heterocycles. The van der Waals surface area contributed by atoms with Crippen molar-refractivity contribution in [1.29, 1.82) is 5.26 Å². The van der Waals surface area contributed by atoms with Crippen LogP contribution in [-0.4, -0.2) is 12.9 Å². The van der Waals surface area contributed by atoms with Crippen LogP contribution in [0.2, 0.25) is 0 Å². The minimum Gasteiger partial charge on any atom is -0.491 e. The molecule has 1 aromatic carbocycles. The van der Waals surface area contributed by atoms with Gasteiger partial charge in [0.1, 0.15) is 12.0 Å². The number of benzene rings is 1. The van der Waals surface area contributed by atoms with Gasteiger partial charge in [0.2, 0.25) is 0 Å². The molecule has 19 heavy (non-hydrogen) atoms. The van der Waals surface area contributed by atoms with Gasteiger partial charge in [-0.2, -0.15) is 5.26 Å². The highest BCUT2D eigenvalue weighted by Gasteiger charge is 2.16. The van der Waals surface area contributed by atoms with Gasteiger partial charge in [0.25, 0.3) is 0 Å². The molecule has 0 fully saturated rings. The number of nitrogens with zero attached hydrogens (tertiary/aromatic N) is 1. The SMILES string of the molecule is CC(C)(C#N)CCCOc1c(Br)cc(C=O)cc1Br. The van der Waals surface area contributed by atoms with E-state index in [0.717, 1.165) is 28.1 Å². The second-order valence-corrected chi connectivity index (χ2v) is 6.59. The Morgan fingerprint density at radius 2 is 1.95 bits per heavy atom. The summed E-state index contributed by atoms with van der Waals surface area (Å²) in [6.07, 6.45) is 2.37. The van der Waals surface area contributed by atoms with E-state index >= 15 is 0 Å². The lowest BCUT2D eigenvalue weighted by molar-refractivity contribution is 0.112. The first-order chi connectivity index (χ1) is 8.89. The summed E-state index contributed by atoms with van der Waals surface area (Å²) >= 11 is 6.76. The summed E-state index contributed by atoms with van der Waals surface area (Å²) in [6, 6.07) is 5.69. The van der Waals surface area contributed by atoms with Crippen LogP contribution in [0.1, 0.15) is 37.0 Å². The van der Waals surface area contributed by atoms with Crippen molar-refractivity contribution in [3.63, 3.8) is 0 Å². The summed E-state index contributed by atoms with van der Waals surface area (Å²) in [4.78, 5) is 10.7. The van der Waals surface area contributed by atoms with Gasteiger partial charge in [0.05, 0.1) is 27.0 Å². The number of hydrogen-bond donors (Lipinski definition) is 0. The molecule has 0 spiro atoms. The molecule has 5 heteroatoms. The smallest absolute Gasteiger partial charge is 0.150 e. The van der Waals surface area contributed by atoms with E-state index in [9.17, 15) is 4.79 Å². The van der Waals surface area contributed by atoms with Crippen LogP contribution in [-0.2, 0) is 0 Å². The molecule has 1 aromatic rings. The third kappa shape index (κ3) is 4.96. The highest BCUT2D eigenvalue weighted by molar-refractivity contribution is 9.11. The lowest BCUT2D eigenvalue weighted by Crippen LogP contribution is -2.10. The van der Waals surface area contributed by atoms with Gasteiger partial charge >= 0.3 is 0 Å². The Morgan fingerprint density at radius 1 is 1.37 bits per heavy atom. The van der Waals surface area contributed by atoms with Gasteiger partial charge in [-0.15, -0.1) is 0 Å². The maximum Gasteiger partial charge on any atom is 0.150 e. The Bertz CT molecular complexity index is 484. The largest absolute Gasteiger partial charge is 0.491 e. The van der Waals surface area contributed by atoms with Crippen molar-refractivity contribution in [1.82, 2.24) is 0 Å². The minimum atomic E-state index is -0.320. The van der Waals surface area contributed by atoms with E-state index in [1.54, 1.807) is 12.1 Å². The Hall–Kier alpha value is -0.860. The number of hydrogen-bond acceptors (Lipinski definition) is 3. The van der Waals surface area contributed by atoms with Crippen LogP contribution in [0.3, 0.4) is 0 Å². The molecule has 0 saturated carbocycles. The first kappa shape index (κ1) is 16.2. The zero-order chi connectivity index (χ0) is 14.5. The van der Waals surface area contributed by atoms with Crippen molar-refractivity contribution in [2.75, 3.05) is 6.61 Å². The van der Waals surface area contributed by atoms with Gasteiger partial charge in [0, 0.05) is 5.56 Å². The molecule has 0 aliphatic rings. The predicted octanol–water partition coefficient (Wildman–Crippen LogP) is 4.73. The lowest BCUT2D eigenvalue weighted by atomic mass is 9.90. The second kappa shape index (κ2) is 7.06. The van der Waals surface area contributed by atoms with Crippen molar-refractivity contribution in [2.45, 2.75) is 26.7 Å². The predicted molar refractivity (Wildman–Crippen MR) is 81.4 cm³/mol. The topological polar surface area (TPSA) is 50.1 Å². The average Bonchev–Trinajstić information content (AvgIpc) is 2.36. The summed E-state index contributed by atoms with van der Waals surface area (Å²) in [6.45, 7) is 4.36. The van der Waals surface area contributed by atoms with E-state index in [4.69, 9.17) is 10.00 Å². The molecule has 0 unspecified atom stereocenters. The Kier molecular flexibility index (Phi) is 6.02. The molecule has 1 rings (SSSR count). The van der Waals surface area contributed by atoms with Crippen LogP contribution in [0.4, 0.5) is 0 Å². The summed E-state index contributed by atoms with van der Waals surface area (Å²) in [5.74, 6) is 0.681. The molecule has 0 N–H and O–H groups in total. The fraction of sp³-hybridized carbons (Fsp3) is 0.429.